The van der Waals surface area contributed by atoms with Crippen molar-refractivity contribution in [1.82, 2.24) is 9.73 Å². The van der Waals surface area contributed by atoms with Gasteiger partial charge in [0.05, 0.1) is 17.7 Å². The van der Waals surface area contributed by atoms with E-state index in [1.807, 2.05) is 6.92 Å². The van der Waals surface area contributed by atoms with Crippen LogP contribution in [0.3, 0.4) is 0 Å². The van der Waals surface area contributed by atoms with Crippen molar-refractivity contribution in [2.45, 2.75) is 25.7 Å². The normalized spacial score (nSPS) is 11.9. The summed E-state index contributed by atoms with van der Waals surface area (Å²) in [5, 5.41) is 3.72. The van der Waals surface area contributed by atoms with E-state index in [9.17, 15) is 17.6 Å². The van der Waals surface area contributed by atoms with Gasteiger partial charge >= 0.3 is 0 Å². The molecule has 6 nitrogen and oxygen atoms in total. The number of likely N-dealkylation sites (N-methyl/N-ethyl adjacent to an activating group) is 1. The van der Waals surface area contributed by atoms with Crippen LogP contribution in [-0.2, 0) is 14.8 Å². The molecule has 0 atom stereocenters. The summed E-state index contributed by atoms with van der Waals surface area (Å²) in [6.45, 7) is 4.95. The van der Waals surface area contributed by atoms with Crippen LogP contribution in [-0.4, -0.2) is 38.4 Å². The maximum Gasteiger partial charge on any atom is 0.255 e. The Hall–Kier alpha value is -2.58. The van der Waals surface area contributed by atoms with Gasteiger partial charge in [0.1, 0.15) is 5.82 Å². The zero-order valence-corrected chi connectivity index (χ0v) is 16.5. The van der Waals surface area contributed by atoms with Crippen LogP contribution in [0.1, 0.15) is 22.3 Å². The third kappa shape index (κ3) is 5.21. The zero-order valence-electron chi connectivity index (χ0n) is 15.7. The smallest absolute Gasteiger partial charge is 0.255 e. The Morgan fingerprint density at radius 3 is 2.41 bits per heavy atom. The van der Waals surface area contributed by atoms with Crippen molar-refractivity contribution < 1.29 is 17.6 Å². The average molecular weight is 391 g/mol. The first kappa shape index (κ1) is 20.7. The summed E-state index contributed by atoms with van der Waals surface area (Å²) in [6.07, 6.45) is 1.28. The van der Waals surface area contributed by atoms with E-state index in [2.05, 4.69) is 10.5 Å². The molecule has 0 bridgehead atoms. The summed E-state index contributed by atoms with van der Waals surface area (Å²) < 4.78 is 39.7. The maximum absolute atomic E-state index is 13.1. The van der Waals surface area contributed by atoms with Gasteiger partial charge in [0, 0.05) is 7.05 Å². The zero-order chi connectivity index (χ0) is 20.2. The lowest BCUT2D eigenvalue weighted by Crippen LogP contribution is -2.37. The highest BCUT2D eigenvalue weighted by Crippen LogP contribution is 2.24. The standard InChI is InChI=1S/C19H22FN3O3S/c1-13-8-14(2)19(15(3)9-13)27(25,26)23(4)12-18(24)22-21-11-16-6-5-7-17(20)10-16/h5-11H,12H2,1-4H3,(H,22,24)/b21-11-. The molecule has 0 fully saturated rings. The van der Waals surface area contributed by atoms with Crippen LogP contribution in [0.5, 0.6) is 0 Å². The van der Waals surface area contributed by atoms with Gasteiger partial charge in [0.2, 0.25) is 10.0 Å². The van der Waals surface area contributed by atoms with E-state index in [4.69, 9.17) is 0 Å². The first-order chi connectivity index (χ1) is 12.6. The molecule has 0 unspecified atom stereocenters. The van der Waals surface area contributed by atoms with E-state index in [0.717, 1.165) is 9.87 Å². The molecule has 0 saturated carbocycles. The van der Waals surface area contributed by atoms with Crippen LogP contribution >= 0.6 is 0 Å². The number of carbonyl (C=O) groups excluding carboxylic acids is 1. The maximum atomic E-state index is 13.1. The fourth-order valence-electron chi connectivity index (χ4n) is 2.82. The number of nitrogens with one attached hydrogen (secondary N) is 1. The van der Waals surface area contributed by atoms with Crippen LogP contribution in [0.15, 0.2) is 46.4 Å². The van der Waals surface area contributed by atoms with E-state index in [0.29, 0.717) is 16.7 Å². The molecule has 0 aliphatic rings. The van der Waals surface area contributed by atoms with Gasteiger partial charge < -0.3 is 0 Å². The summed E-state index contributed by atoms with van der Waals surface area (Å²) in [5.74, 6) is -1.02. The number of hydrogen-bond donors (Lipinski definition) is 1. The highest BCUT2D eigenvalue weighted by Gasteiger charge is 2.26. The molecule has 2 rings (SSSR count). The van der Waals surface area contributed by atoms with Gasteiger partial charge in [0.25, 0.3) is 5.91 Å². The highest BCUT2D eigenvalue weighted by atomic mass is 32.2. The van der Waals surface area contributed by atoms with Gasteiger partial charge in [-0.25, -0.2) is 18.2 Å². The second-order valence-electron chi connectivity index (χ2n) is 6.34. The molecule has 0 aromatic heterocycles. The van der Waals surface area contributed by atoms with Gasteiger partial charge in [-0.3, -0.25) is 4.79 Å². The minimum atomic E-state index is -3.82. The Bertz CT molecular complexity index is 964. The third-order valence-electron chi connectivity index (χ3n) is 3.89. The predicted octanol–water partition coefficient (Wildman–Crippen LogP) is 2.52. The van der Waals surface area contributed by atoms with Gasteiger partial charge in [-0.2, -0.15) is 9.41 Å². The number of halogens is 1. The van der Waals surface area contributed by atoms with Crippen molar-refractivity contribution in [3.8, 4) is 0 Å². The molecule has 1 N–H and O–H groups in total. The number of hydrogen-bond acceptors (Lipinski definition) is 4. The van der Waals surface area contributed by atoms with Crippen molar-refractivity contribution in [3.05, 3.63) is 64.5 Å². The number of benzene rings is 2. The second-order valence-corrected chi connectivity index (χ2v) is 8.32. The first-order valence-electron chi connectivity index (χ1n) is 8.23. The molecular weight excluding hydrogens is 369 g/mol. The van der Waals surface area contributed by atoms with E-state index >= 15 is 0 Å². The molecule has 0 aliphatic heterocycles. The van der Waals surface area contributed by atoms with Gasteiger partial charge in [0.15, 0.2) is 0 Å². The van der Waals surface area contributed by atoms with Gasteiger partial charge in [-0.05, 0) is 49.6 Å². The summed E-state index contributed by atoms with van der Waals surface area (Å²) in [7, 11) is -2.49. The number of sulfonamides is 1. The molecule has 0 radical (unpaired) electrons. The number of hydrazone groups is 1. The Morgan fingerprint density at radius 2 is 1.81 bits per heavy atom. The molecule has 0 heterocycles. The predicted molar refractivity (Wildman–Crippen MR) is 103 cm³/mol. The minimum Gasteiger partial charge on any atom is -0.272 e. The average Bonchev–Trinajstić information content (AvgIpc) is 2.53. The van der Waals surface area contributed by atoms with Crippen LogP contribution in [0.2, 0.25) is 0 Å². The Kier molecular flexibility index (Phi) is 6.45. The molecule has 0 saturated heterocycles. The van der Waals surface area contributed by atoms with Crippen LogP contribution in [0.4, 0.5) is 4.39 Å². The lowest BCUT2D eigenvalue weighted by Gasteiger charge is -2.19. The molecule has 144 valence electrons. The van der Waals surface area contributed by atoms with E-state index in [-0.39, 0.29) is 4.90 Å². The summed E-state index contributed by atoms with van der Waals surface area (Å²) in [5.41, 5.74) is 4.95. The number of aryl methyl sites for hydroxylation is 3. The topological polar surface area (TPSA) is 78.8 Å². The van der Waals surface area contributed by atoms with Crippen molar-refractivity contribution in [3.63, 3.8) is 0 Å². The first-order valence-corrected chi connectivity index (χ1v) is 9.67. The summed E-state index contributed by atoms with van der Waals surface area (Å²) in [6, 6.07) is 9.28. The van der Waals surface area contributed by atoms with E-state index < -0.39 is 28.3 Å². The molecule has 1 amide bonds. The monoisotopic (exact) mass is 391 g/mol. The highest BCUT2D eigenvalue weighted by molar-refractivity contribution is 7.89. The number of carbonyl (C=O) groups is 1. The van der Waals surface area contributed by atoms with Crippen LogP contribution < -0.4 is 5.43 Å². The summed E-state index contributed by atoms with van der Waals surface area (Å²) >= 11 is 0. The molecule has 2 aromatic carbocycles. The van der Waals surface area contributed by atoms with Crippen LogP contribution in [0, 0.1) is 26.6 Å². The molecular formula is C19H22FN3O3S. The molecule has 0 aliphatic carbocycles. The van der Waals surface area contributed by atoms with Crippen molar-refractivity contribution >= 4 is 22.1 Å². The fraction of sp³-hybridized carbons (Fsp3) is 0.263. The van der Waals surface area contributed by atoms with Crippen molar-refractivity contribution in [2.24, 2.45) is 5.10 Å². The second kappa shape index (κ2) is 8.41. The molecule has 2 aromatic rings. The number of nitrogens with zero attached hydrogens (tertiary/aromatic N) is 2. The largest absolute Gasteiger partial charge is 0.272 e. The van der Waals surface area contributed by atoms with Crippen molar-refractivity contribution in [2.75, 3.05) is 13.6 Å². The van der Waals surface area contributed by atoms with Gasteiger partial charge in [-0.1, -0.05) is 29.8 Å². The fourth-order valence-corrected chi connectivity index (χ4v) is 4.35. The Balaban J connectivity index is 2.07. The third-order valence-corrected chi connectivity index (χ3v) is 6.00. The SMILES string of the molecule is Cc1cc(C)c(S(=O)(=O)N(C)CC(=O)N/N=C\c2cccc(F)c2)c(C)c1. The summed E-state index contributed by atoms with van der Waals surface area (Å²) in [4.78, 5) is 12.2. The van der Waals surface area contributed by atoms with Crippen molar-refractivity contribution in [1.29, 1.82) is 0 Å². The molecule has 8 heteroatoms. The number of rotatable bonds is 6. The van der Waals surface area contributed by atoms with Gasteiger partial charge in [-0.15, -0.1) is 0 Å². The number of amides is 1. The lowest BCUT2D eigenvalue weighted by molar-refractivity contribution is -0.121. The van der Waals surface area contributed by atoms with Crippen LogP contribution in [0.25, 0.3) is 0 Å². The van der Waals surface area contributed by atoms with E-state index in [1.165, 1.54) is 31.5 Å². The quantitative estimate of drug-likeness (QED) is 0.607. The Labute approximate surface area is 158 Å². The molecule has 27 heavy (non-hydrogen) atoms. The van der Waals surface area contributed by atoms with E-state index in [1.54, 1.807) is 32.0 Å². The lowest BCUT2D eigenvalue weighted by atomic mass is 10.1. The Morgan fingerprint density at radius 1 is 1.19 bits per heavy atom. The molecule has 0 spiro atoms. The minimum absolute atomic E-state index is 0.201.